The first-order valence-corrected chi connectivity index (χ1v) is 13.2. The number of aromatic nitrogens is 6. The van der Waals surface area contributed by atoms with Crippen molar-refractivity contribution in [2.24, 2.45) is 0 Å². The summed E-state index contributed by atoms with van der Waals surface area (Å²) in [5.74, 6) is 1.16. The molecule has 0 spiro atoms. The molecule has 9 rings (SSSR count). The van der Waals surface area contributed by atoms with E-state index in [2.05, 4.69) is 63.5 Å². The van der Waals surface area contributed by atoms with Gasteiger partial charge in [-0.1, -0.05) is 88.3 Å². The fraction of sp³-hybridized carbons (Fsp3) is 0. The van der Waals surface area contributed by atoms with Gasteiger partial charge in [0, 0.05) is 48.0 Å². The van der Waals surface area contributed by atoms with Gasteiger partial charge >= 0.3 is 21.1 Å². The third-order valence-electron chi connectivity index (χ3n) is 7.55. The third-order valence-corrected chi connectivity index (χ3v) is 7.55. The van der Waals surface area contributed by atoms with Gasteiger partial charge in [0.1, 0.15) is 11.3 Å². The maximum absolute atomic E-state index is 6.33. The Hall–Kier alpha value is -5.13. The molecule has 7 nitrogen and oxygen atoms in total. The zero-order valence-electron chi connectivity index (χ0n) is 21.8. The first-order chi connectivity index (χ1) is 20.3. The summed E-state index contributed by atoms with van der Waals surface area (Å²) < 4.78 is 10.3. The molecule has 0 aliphatic carbocycles. The monoisotopic (exact) mass is 721 g/mol. The molecule has 200 valence electrons. The Kier molecular flexibility index (Phi) is 5.56. The molecular formula is C34H18N6OPt. The fourth-order valence-electron chi connectivity index (χ4n) is 5.72. The molecule has 6 heterocycles. The zero-order chi connectivity index (χ0) is 26.9. The average molecular weight is 722 g/mol. The second-order valence-corrected chi connectivity index (χ2v) is 9.87. The third kappa shape index (κ3) is 3.64. The molecule has 9 aromatic rings. The van der Waals surface area contributed by atoms with E-state index in [0.717, 1.165) is 66.2 Å². The molecule has 0 aliphatic heterocycles. The van der Waals surface area contributed by atoms with Crippen LogP contribution in [0.4, 0.5) is 0 Å². The van der Waals surface area contributed by atoms with Gasteiger partial charge in [-0.25, -0.2) is 9.97 Å². The molecule has 0 bridgehead atoms. The first-order valence-electron chi connectivity index (χ1n) is 13.2. The van der Waals surface area contributed by atoms with Crippen LogP contribution in [-0.4, -0.2) is 28.7 Å². The molecule has 0 N–H and O–H groups in total. The van der Waals surface area contributed by atoms with Crippen LogP contribution in [0.5, 0.6) is 11.5 Å². The van der Waals surface area contributed by atoms with Gasteiger partial charge in [0.15, 0.2) is 0 Å². The number of benzene rings is 3. The van der Waals surface area contributed by atoms with E-state index >= 15 is 0 Å². The predicted octanol–water partition coefficient (Wildman–Crippen LogP) is 7.44. The Morgan fingerprint density at radius 2 is 1.12 bits per heavy atom. The van der Waals surface area contributed by atoms with Gasteiger partial charge < -0.3 is 13.5 Å². The van der Waals surface area contributed by atoms with Crippen LogP contribution >= 0.6 is 0 Å². The molecule has 0 atom stereocenters. The van der Waals surface area contributed by atoms with Gasteiger partial charge in [-0.2, -0.15) is 0 Å². The van der Waals surface area contributed by atoms with Crippen molar-refractivity contribution >= 4 is 54.9 Å². The minimum atomic E-state index is 0. The van der Waals surface area contributed by atoms with E-state index < -0.39 is 0 Å². The standard InChI is InChI=1S/C34H18N6O.Pt/c1-2-5-21(6-3-1)30-13-12-27-25-11-9-23(20-29(25)33-37-16-18-40(33)34(27)38-30)41-22-8-10-24-26-7-4-14-35-31(26)39-17-15-36-32(39)28(24)19-22;/h1-18H;/q-2;+2. The van der Waals surface area contributed by atoms with Crippen LogP contribution in [0.1, 0.15) is 0 Å². The van der Waals surface area contributed by atoms with Crippen LogP contribution < -0.4 is 4.74 Å². The molecule has 6 aromatic heterocycles. The number of hydrogen-bond donors (Lipinski definition) is 0. The minimum absolute atomic E-state index is 0. The summed E-state index contributed by atoms with van der Waals surface area (Å²) in [6.07, 6.45) is 9.22. The van der Waals surface area contributed by atoms with E-state index in [4.69, 9.17) is 9.72 Å². The van der Waals surface area contributed by atoms with Gasteiger partial charge in [0.25, 0.3) is 0 Å². The topological polar surface area (TPSA) is 69.6 Å². The first kappa shape index (κ1) is 24.6. The fourth-order valence-corrected chi connectivity index (χ4v) is 5.72. The number of pyridine rings is 4. The van der Waals surface area contributed by atoms with E-state index in [1.807, 2.05) is 63.7 Å². The summed E-state index contributed by atoms with van der Waals surface area (Å²) in [6.45, 7) is 0. The Morgan fingerprint density at radius 1 is 0.524 bits per heavy atom. The summed E-state index contributed by atoms with van der Waals surface area (Å²) in [7, 11) is 0. The number of fused-ring (bicyclic) bond motifs is 12. The number of ether oxygens (including phenoxy) is 1. The van der Waals surface area contributed by atoms with Crippen molar-refractivity contribution in [1.82, 2.24) is 28.7 Å². The van der Waals surface area contributed by atoms with E-state index in [0.29, 0.717) is 11.5 Å². The van der Waals surface area contributed by atoms with Crippen molar-refractivity contribution in [3.8, 4) is 22.8 Å². The van der Waals surface area contributed by atoms with Gasteiger partial charge in [-0.3, -0.25) is 9.97 Å². The predicted molar refractivity (Wildman–Crippen MR) is 159 cm³/mol. The van der Waals surface area contributed by atoms with Gasteiger partial charge in [-0.15, -0.1) is 12.1 Å². The molecule has 0 unspecified atom stereocenters. The molecule has 0 saturated heterocycles. The average Bonchev–Trinajstić information content (AvgIpc) is 3.73. The SMILES string of the molecule is [Pt+2].[c-]1c(Oc2[c-]c3c(cc2)c2ccc(-c4ccccc4)nc2n2ccnc32)ccc2c1c1nccn1c1ncccc21. The summed E-state index contributed by atoms with van der Waals surface area (Å²) >= 11 is 0. The maximum atomic E-state index is 6.33. The number of rotatable bonds is 3. The van der Waals surface area contributed by atoms with Crippen LogP contribution in [-0.2, 0) is 21.1 Å². The molecule has 0 aliphatic rings. The summed E-state index contributed by atoms with van der Waals surface area (Å²) in [5, 5.41) is 5.82. The van der Waals surface area contributed by atoms with Gasteiger partial charge in [-0.05, 0) is 22.9 Å². The molecule has 3 aromatic carbocycles. The van der Waals surface area contributed by atoms with Crippen molar-refractivity contribution in [3.63, 3.8) is 0 Å². The molecule has 42 heavy (non-hydrogen) atoms. The molecule has 0 fully saturated rings. The summed E-state index contributed by atoms with van der Waals surface area (Å²) in [5.41, 5.74) is 5.25. The largest absolute Gasteiger partial charge is 2.00 e. The molecule has 0 amide bonds. The van der Waals surface area contributed by atoms with Crippen LogP contribution in [0.3, 0.4) is 0 Å². The van der Waals surface area contributed by atoms with E-state index in [-0.39, 0.29) is 21.1 Å². The second-order valence-electron chi connectivity index (χ2n) is 9.87. The Morgan fingerprint density at radius 3 is 1.81 bits per heavy atom. The molecule has 0 saturated carbocycles. The van der Waals surface area contributed by atoms with Crippen molar-refractivity contribution in [1.29, 1.82) is 0 Å². The second kappa shape index (κ2) is 9.47. The van der Waals surface area contributed by atoms with Gasteiger partial charge in [0.05, 0.1) is 17.0 Å². The Bertz CT molecular complexity index is 2470. The minimum Gasteiger partial charge on any atom is -0.497 e. The van der Waals surface area contributed by atoms with Crippen LogP contribution in [0.25, 0.3) is 66.2 Å². The quantitative estimate of drug-likeness (QED) is 0.140. The van der Waals surface area contributed by atoms with E-state index in [9.17, 15) is 0 Å². The van der Waals surface area contributed by atoms with Crippen LogP contribution in [0.2, 0.25) is 0 Å². The molecular weight excluding hydrogens is 703 g/mol. The Balaban J connectivity index is 0.00000267. The van der Waals surface area contributed by atoms with Crippen LogP contribution in [0, 0.1) is 12.1 Å². The Labute approximate surface area is 253 Å². The smallest absolute Gasteiger partial charge is 0.497 e. The summed E-state index contributed by atoms with van der Waals surface area (Å²) in [4.78, 5) is 18.8. The van der Waals surface area contributed by atoms with Crippen LogP contribution in [0.15, 0.2) is 110 Å². The number of imidazole rings is 2. The van der Waals surface area contributed by atoms with Crippen molar-refractivity contribution in [2.45, 2.75) is 0 Å². The van der Waals surface area contributed by atoms with E-state index in [1.54, 1.807) is 18.6 Å². The van der Waals surface area contributed by atoms with Gasteiger partial charge in [0.2, 0.25) is 0 Å². The number of nitrogens with zero attached hydrogens (tertiary/aromatic N) is 6. The van der Waals surface area contributed by atoms with Crippen molar-refractivity contribution in [3.05, 3.63) is 122 Å². The van der Waals surface area contributed by atoms with E-state index in [1.165, 1.54) is 0 Å². The normalized spacial score (nSPS) is 11.6. The van der Waals surface area contributed by atoms with Crippen molar-refractivity contribution < 1.29 is 25.8 Å². The molecule has 8 heteroatoms. The molecule has 0 radical (unpaired) electrons. The number of hydrogen-bond acceptors (Lipinski definition) is 5. The van der Waals surface area contributed by atoms with Crippen molar-refractivity contribution in [2.75, 3.05) is 0 Å². The zero-order valence-corrected chi connectivity index (χ0v) is 24.1. The summed E-state index contributed by atoms with van der Waals surface area (Å²) in [6, 6.07) is 33.2. The maximum Gasteiger partial charge on any atom is 2.00 e.